The predicted molar refractivity (Wildman–Crippen MR) is 103 cm³/mol. The number of sulfonamides is 1. The summed E-state index contributed by atoms with van der Waals surface area (Å²) in [4.78, 5) is 7.80. The second-order valence-corrected chi connectivity index (χ2v) is 8.81. The highest BCUT2D eigenvalue weighted by Gasteiger charge is 2.29. The maximum absolute atomic E-state index is 13.1. The molecule has 28 heavy (non-hydrogen) atoms. The van der Waals surface area contributed by atoms with Crippen LogP contribution in [0.15, 0.2) is 47.5 Å². The van der Waals surface area contributed by atoms with Crippen molar-refractivity contribution in [1.29, 1.82) is 0 Å². The van der Waals surface area contributed by atoms with Gasteiger partial charge in [-0.25, -0.2) is 17.8 Å². The third-order valence-corrected chi connectivity index (χ3v) is 7.08. The molecule has 1 aromatic heterocycles. The van der Waals surface area contributed by atoms with E-state index in [0.717, 1.165) is 37.7 Å². The van der Waals surface area contributed by atoms with Crippen molar-refractivity contribution in [2.75, 3.05) is 62.3 Å². The highest BCUT2D eigenvalue weighted by molar-refractivity contribution is 7.89. The van der Waals surface area contributed by atoms with E-state index in [4.69, 9.17) is 4.74 Å². The first-order valence-corrected chi connectivity index (χ1v) is 10.8. The average Bonchev–Trinajstić information content (AvgIpc) is 2.75. The van der Waals surface area contributed by atoms with Gasteiger partial charge >= 0.3 is 0 Å². The van der Waals surface area contributed by atoms with Gasteiger partial charge in [-0.1, -0.05) is 0 Å². The molecule has 0 saturated carbocycles. The van der Waals surface area contributed by atoms with Crippen LogP contribution in [0.4, 0.5) is 15.9 Å². The normalized spacial score (nSPS) is 19.0. The Morgan fingerprint density at radius 3 is 2.11 bits per heavy atom. The van der Waals surface area contributed by atoms with Gasteiger partial charge in [0.05, 0.1) is 26.3 Å². The molecular weight excluding hydrogens is 383 g/mol. The maximum atomic E-state index is 13.1. The van der Waals surface area contributed by atoms with Gasteiger partial charge in [-0.2, -0.15) is 4.31 Å². The zero-order valence-corrected chi connectivity index (χ0v) is 16.4. The molecule has 0 bridgehead atoms. The van der Waals surface area contributed by atoms with Crippen LogP contribution < -0.4 is 14.8 Å². The maximum Gasteiger partial charge on any atom is 0.274 e. The lowest BCUT2D eigenvalue weighted by molar-refractivity contribution is -0.367. The minimum Gasteiger partial charge on any atom is -0.379 e. The number of nitrogens with zero attached hydrogens (tertiary/aromatic N) is 3. The molecule has 7 nitrogen and oxygen atoms in total. The summed E-state index contributed by atoms with van der Waals surface area (Å²) < 4.78 is 45.2. The SMILES string of the molecule is O=S(=O)(c1ccc(N2CCN(c3ccc(F)cc3)CC2)[nH+]c1)N1CCOCC1. The molecule has 2 saturated heterocycles. The van der Waals surface area contributed by atoms with Crippen molar-refractivity contribution in [2.24, 2.45) is 0 Å². The number of ether oxygens (including phenoxy) is 1. The second kappa shape index (κ2) is 8.02. The molecule has 4 rings (SSSR count). The summed E-state index contributed by atoms with van der Waals surface area (Å²) in [7, 11) is -3.49. The summed E-state index contributed by atoms with van der Waals surface area (Å²) in [5.74, 6) is 0.656. The topological polar surface area (TPSA) is 67.2 Å². The van der Waals surface area contributed by atoms with Crippen LogP contribution in [0.3, 0.4) is 0 Å². The molecule has 2 fully saturated rings. The second-order valence-electron chi connectivity index (χ2n) is 6.88. The van der Waals surface area contributed by atoms with Gasteiger partial charge < -0.3 is 9.64 Å². The van der Waals surface area contributed by atoms with E-state index in [1.54, 1.807) is 24.4 Å². The number of morpholine rings is 1. The van der Waals surface area contributed by atoms with E-state index in [1.165, 1.54) is 16.4 Å². The largest absolute Gasteiger partial charge is 0.379 e. The fraction of sp³-hybridized carbons (Fsp3) is 0.421. The van der Waals surface area contributed by atoms with Crippen LogP contribution in [-0.2, 0) is 14.8 Å². The fourth-order valence-corrected chi connectivity index (χ4v) is 4.93. The number of piperazine rings is 1. The number of nitrogens with one attached hydrogen (secondary N) is 1. The van der Waals surface area contributed by atoms with Crippen LogP contribution >= 0.6 is 0 Å². The average molecular weight is 407 g/mol. The summed E-state index contributed by atoms with van der Waals surface area (Å²) in [5.41, 5.74) is 1.01. The molecule has 1 aromatic carbocycles. The number of hydrogen-bond donors (Lipinski definition) is 0. The van der Waals surface area contributed by atoms with Crippen LogP contribution in [0.2, 0.25) is 0 Å². The zero-order valence-electron chi connectivity index (χ0n) is 15.6. The Bertz CT molecular complexity index is 892. The fourth-order valence-electron chi connectivity index (χ4n) is 3.55. The number of aromatic nitrogens is 1. The zero-order chi connectivity index (χ0) is 19.6. The summed E-state index contributed by atoms with van der Waals surface area (Å²) >= 11 is 0. The molecule has 2 aliphatic rings. The molecule has 3 heterocycles. The molecule has 1 N–H and O–H groups in total. The minimum atomic E-state index is -3.49. The summed E-state index contributed by atoms with van der Waals surface area (Å²) in [6.45, 7) is 4.84. The van der Waals surface area contributed by atoms with E-state index in [0.29, 0.717) is 26.3 Å². The third kappa shape index (κ3) is 3.96. The summed E-state index contributed by atoms with van der Waals surface area (Å²) in [5, 5.41) is 0. The van der Waals surface area contributed by atoms with Gasteiger partial charge in [0.25, 0.3) is 5.82 Å². The molecule has 0 spiro atoms. The number of hydrogen-bond acceptors (Lipinski definition) is 5. The van der Waals surface area contributed by atoms with Crippen molar-refractivity contribution in [3.8, 4) is 0 Å². The molecule has 150 valence electrons. The van der Waals surface area contributed by atoms with E-state index in [1.807, 2.05) is 6.07 Å². The van der Waals surface area contributed by atoms with E-state index >= 15 is 0 Å². The van der Waals surface area contributed by atoms with Crippen molar-refractivity contribution in [1.82, 2.24) is 4.31 Å². The molecule has 0 amide bonds. The lowest BCUT2D eigenvalue weighted by Crippen LogP contribution is -2.48. The molecular formula is C19H24FN4O3S+. The summed E-state index contributed by atoms with van der Waals surface area (Å²) in [6.07, 6.45) is 1.56. The van der Waals surface area contributed by atoms with Gasteiger partial charge in [0.2, 0.25) is 10.0 Å². The van der Waals surface area contributed by atoms with E-state index in [9.17, 15) is 12.8 Å². The number of benzene rings is 1. The van der Waals surface area contributed by atoms with Crippen molar-refractivity contribution in [3.63, 3.8) is 0 Å². The number of aromatic amines is 1. The summed E-state index contributed by atoms with van der Waals surface area (Å²) in [6, 6.07) is 10.0. The molecule has 0 radical (unpaired) electrons. The number of H-pyrrole nitrogens is 1. The van der Waals surface area contributed by atoms with Gasteiger partial charge in [-0.3, -0.25) is 4.90 Å². The van der Waals surface area contributed by atoms with Gasteiger partial charge in [-0.05, 0) is 30.3 Å². The van der Waals surface area contributed by atoms with Crippen molar-refractivity contribution < 1.29 is 22.5 Å². The van der Waals surface area contributed by atoms with Gasteiger partial charge in [0.15, 0.2) is 0 Å². The molecule has 0 aliphatic carbocycles. The smallest absolute Gasteiger partial charge is 0.274 e. The molecule has 9 heteroatoms. The van der Waals surface area contributed by atoms with Crippen LogP contribution in [0.1, 0.15) is 0 Å². The Morgan fingerprint density at radius 1 is 0.857 bits per heavy atom. The lowest BCUT2D eigenvalue weighted by Gasteiger charge is -2.32. The molecule has 2 aromatic rings. The van der Waals surface area contributed by atoms with Gasteiger partial charge in [0.1, 0.15) is 30.0 Å². The van der Waals surface area contributed by atoms with Gasteiger partial charge in [0, 0.05) is 24.8 Å². The first kappa shape index (κ1) is 19.1. The van der Waals surface area contributed by atoms with Crippen molar-refractivity contribution >= 4 is 21.5 Å². The lowest BCUT2D eigenvalue weighted by atomic mass is 10.2. The first-order valence-electron chi connectivity index (χ1n) is 9.39. The van der Waals surface area contributed by atoms with Gasteiger partial charge in [-0.15, -0.1) is 0 Å². The monoisotopic (exact) mass is 407 g/mol. The Hall–Kier alpha value is -2.23. The number of pyridine rings is 1. The quantitative estimate of drug-likeness (QED) is 0.756. The van der Waals surface area contributed by atoms with Crippen LogP contribution in [0.5, 0.6) is 0 Å². The molecule has 0 unspecified atom stereocenters. The Balaban J connectivity index is 1.40. The molecule has 2 aliphatic heterocycles. The first-order chi connectivity index (χ1) is 13.5. The van der Waals surface area contributed by atoms with E-state index in [-0.39, 0.29) is 10.7 Å². The molecule has 0 atom stereocenters. The van der Waals surface area contributed by atoms with Crippen LogP contribution in [0, 0.1) is 5.82 Å². The number of anilines is 2. The van der Waals surface area contributed by atoms with E-state index in [2.05, 4.69) is 14.8 Å². The minimum absolute atomic E-state index is 0.232. The van der Waals surface area contributed by atoms with Crippen LogP contribution in [0.25, 0.3) is 0 Å². The number of rotatable bonds is 4. The van der Waals surface area contributed by atoms with Crippen molar-refractivity contribution in [3.05, 3.63) is 48.4 Å². The Kier molecular flexibility index (Phi) is 5.47. The highest BCUT2D eigenvalue weighted by atomic mass is 32.2. The predicted octanol–water partition coefficient (Wildman–Crippen LogP) is 0.987. The highest BCUT2D eigenvalue weighted by Crippen LogP contribution is 2.20. The van der Waals surface area contributed by atoms with E-state index < -0.39 is 10.0 Å². The number of halogens is 1. The van der Waals surface area contributed by atoms with Crippen molar-refractivity contribution in [2.45, 2.75) is 4.90 Å². The third-order valence-electron chi connectivity index (χ3n) is 5.19. The van der Waals surface area contributed by atoms with Crippen LogP contribution in [-0.4, -0.2) is 65.2 Å². The Morgan fingerprint density at radius 2 is 1.50 bits per heavy atom. The Labute approximate surface area is 164 Å². The standard InChI is InChI=1S/C19H23FN4O3S/c20-16-1-3-17(4-2-16)22-7-9-23(10-8-22)19-6-5-18(15-21-19)28(25,26)24-11-13-27-14-12-24/h1-6,15H,7-14H2/p+1.